The molecule has 0 bridgehead atoms. The number of halogens is 4. The van der Waals surface area contributed by atoms with Gasteiger partial charge in [-0.1, -0.05) is 29.3 Å². The van der Waals surface area contributed by atoms with Crippen molar-refractivity contribution in [1.82, 2.24) is 0 Å². The van der Waals surface area contributed by atoms with Gasteiger partial charge in [0.05, 0.1) is 13.5 Å². The van der Waals surface area contributed by atoms with Crippen molar-refractivity contribution < 1.29 is 73.9 Å². The Morgan fingerprint density at radius 1 is 1.41 bits per heavy atom. The van der Waals surface area contributed by atoms with Gasteiger partial charge in [-0.25, -0.2) is 0 Å². The van der Waals surface area contributed by atoms with Crippen LogP contribution in [0.3, 0.4) is 0 Å². The Morgan fingerprint density at radius 3 is 2.47 bits per heavy atom. The predicted molar refractivity (Wildman–Crippen MR) is 55.9 cm³/mol. The second-order valence-corrected chi connectivity index (χ2v) is 3.61. The molecule has 2 nitrogen and oxygen atoms in total. The van der Waals surface area contributed by atoms with Crippen LogP contribution in [0.1, 0.15) is 5.56 Å². The normalized spacial score (nSPS) is 10.6. The quantitative estimate of drug-likeness (QED) is 0.533. The van der Waals surface area contributed by atoms with Gasteiger partial charge >= 0.3 is 64.3 Å². The van der Waals surface area contributed by atoms with Gasteiger partial charge in [0.15, 0.2) is 0 Å². The molecule has 0 spiro atoms. The molecule has 0 fully saturated rings. The van der Waals surface area contributed by atoms with Crippen LogP contribution in [0, 0.1) is 0 Å². The van der Waals surface area contributed by atoms with E-state index in [2.05, 4.69) is 4.74 Å². The number of benzene rings is 1. The van der Waals surface area contributed by atoms with Crippen molar-refractivity contribution in [2.45, 2.75) is 6.42 Å². The molecule has 0 saturated heterocycles. The van der Waals surface area contributed by atoms with E-state index in [1.165, 1.54) is 12.1 Å². The van der Waals surface area contributed by atoms with Gasteiger partial charge in [-0.15, -0.1) is 5.46 Å². The summed E-state index contributed by atoms with van der Waals surface area (Å²) in [5.41, 5.74) is -0.971. The molecule has 0 atom stereocenters. The van der Waals surface area contributed by atoms with Crippen molar-refractivity contribution in [1.29, 1.82) is 0 Å². The van der Waals surface area contributed by atoms with E-state index >= 15 is 0 Å². The maximum atomic E-state index is 12.6. The molecule has 0 unspecified atom stereocenters. The second kappa shape index (κ2) is 7.16. The molecule has 1 aromatic rings. The number of ether oxygens (including phenoxy) is 1. The largest absolute Gasteiger partial charge is 1.00 e. The van der Waals surface area contributed by atoms with Gasteiger partial charge in [0, 0.05) is 5.02 Å². The number of rotatable bonds is 3. The second-order valence-electron chi connectivity index (χ2n) is 3.17. The third kappa shape index (κ3) is 5.32. The predicted octanol–water partition coefficient (Wildman–Crippen LogP) is -0.886. The molecule has 0 aliphatic carbocycles. The van der Waals surface area contributed by atoms with Crippen LogP contribution in [0.25, 0.3) is 0 Å². The molecule has 0 aromatic heterocycles. The van der Waals surface area contributed by atoms with E-state index in [-0.39, 0.29) is 62.0 Å². The maximum Gasteiger partial charge on any atom is 1.00 e. The van der Waals surface area contributed by atoms with Crippen LogP contribution in [-0.4, -0.2) is 20.1 Å². The minimum absolute atomic E-state index is 0. The number of hydrogen-bond donors (Lipinski definition) is 0. The van der Waals surface area contributed by atoms with Crippen LogP contribution in [0.15, 0.2) is 18.2 Å². The van der Waals surface area contributed by atoms with Gasteiger partial charge in [0.1, 0.15) is 0 Å². The summed E-state index contributed by atoms with van der Waals surface area (Å²) in [4.78, 5) is 10.9. The van der Waals surface area contributed by atoms with Crippen LogP contribution in [0.4, 0.5) is 12.9 Å². The first kappa shape index (κ1) is 17.5. The average Bonchev–Trinajstić information content (AvgIpc) is 2.19. The molecule has 0 saturated carbocycles. The molecule has 0 N–H and O–H groups in total. The molecule has 0 heterocycles. The Hall–Kier alpha value is 0.471. The topological polar surface area (TPSA) is 26.3 Å². The molecule has 1 rings (SSSR count). The summed E-state index contributed by atoms with van der Waals surface area (Å²) in [5.74, 6) is -0.719. The molecule has 0 radical (unpaired) electrons. The third-order valence-electron chi connectivity index (χ3n) is 2.02. The molecule has 88 valence electrons. The molecule has 0 aliphatic rings. The van der Waals surface area contributed by atoms with E-state index in [1.807, 2.05) is 0 Å². The Balaban J connectivity index is 0.00000256. The Bertz CT molecular complexity index is 412. The zero-order valence-corrected chi connectivity index (χ0v) is 13.2. The average molecular weight is 291 g/mol. The van der Waals surface area contributed by atoms with Crippen molar-refractivity contribution in [3.05, 3.63) is 28.8 Å². The van der Waals surface area contributed by atoms with Gasteiger partial charge in [0.25, 0.3) is 0 Å². The summed E-state index contributed by atoms with van der Waals surface area (Å²) in [6, 6.07) is 3.31. The Labute approximate surface area is 144 Å². The number of methoxy groups -OCH3 is 1. The van der Waals surface area contributed by atoms with Crippen LogP contribution in [0.5, 0.6) is 0 Å². The minimum atomic E-state index is -5.18. The van der Waals surface area contributed by atoms with E-state index < -0.39 is 24.8 Å². The van der Waals surface area contributed by atoms with Crippen molar-refractivity contribution in [2.75, 3.05) is 7.11 Å². The molecular weight excluding hydrogens is 282 g/mol. The minimum Gasteiger partial charge on any atom is -0.469 e. The summed E-state index contributed by atoms with van der Waals surface area (Å²) in [7, 11) is 1.12. The molecule has 17 heavy (non-hydrogen) atoms. The monoisotopic (exact) mass is 290 g/mol. The van der Waals surface area contributed by atoms with Crippen molar-refractivity contribution in [3.63, 3.8) is 0 Å². The third-order valence-corrected chi connectivity index (χ3v) is 2.26. The molecule has 8 heteroatoms. The van der Waals surface area contributed by atoms with Gasteiger partial charge in [-0.3, -0.25) is 4.79 Å². The summed E-state index contributed by atoms with van der Waals surface area (Å²) in [6.45, 7) is -5.18. The van der Waals surface area contributed by atoms with Crippen molar-refractivity contribution in [3.8, 4) is 0 Å². The SMILES string of the molecule is COC(=O)Cc1ccc(Cl)cc1[B-](F)(F)F.[K+]. The Morgan fingerprint density at radius 2 is 2.00 bits per heavy atom. The fourth-order valence-corrected chi connectivity index (χ4v) is 1.44. The van der Waals surface area contributed by atoms with Gasteiger partial charge in [-0.2, -0.15) is 0 Å². The summed E-state index contributed by atoms with van der Waals surface area (Å²) >= 11 is 5.49. The van der Waals surface area contributed by atoms with Crippen molar-refractivity contribution in [2.24, 2.45) is 0 Å². The first-order valence-corrected chi connectivity index (χ1v) is 4.77. The molecule has 0 aliphatic heterocycles. The smallest absolute Gasteiger partial charge is 0.469 e. The van der Waals surface area contributed by atoms with Crippen LogP contribution >= 0.6 is 11.6 Å². The number of carbonyl (C=O) groups is 1. The summed E-state index contributed by atoms with van der Waals surface area (Å²) in [6.07, 6.45) is -0.412. The first-order valence-electron chi connectivity index (χ1n) is 4.39. The fourth-order valence-electron chi connectivity index (χ4n) is 1.26. The van der Waals surface area contributed by atoms with Crippen molar-refractivity contribution >= 4 is 30.0 Å². The molecule has 1 aromatic carbocycles. The zero-order valence-electron chi connectivity index (χ0n) is 9.34. The standard InChI is InChI=1S/C9H8BClF3O2.K/c1-16-9(15)4-6-2-3-7(11)5-8(6)10(12,13)14;/h2-3,5H,4H2,1H3;/q-1;+1. The number of carbonyl (C=O) groups excluding carboxylic acids is 1. The van der Waals surface area contributed by atoms with Gasteiger partial charge < -0.3 is 17.7 Å². The Kier molecular flexibility index (Phi) is 7.36. The van der Waals surface area contributed by atoms with Crippen LogP contribution in [0.2, 0.25) is 5.02 Å². The number of hydrogen-bond acceptors (Lipinski definition) is 2. The molecule has 0 amide bonds. The van der Waals surface area contributed by atoms with Gasteiger partial charge in [0.2, 0.25) is 0 Å². The van der Waals surface area contributed by atoms with E-state index in [4.69, 9.17) is 11.6 Å². The maximum absolute atomic E-state index is 12.6. The summed E-state index contributed by atoms with van der Waals surface area (Å²) in [5, 5.41) is -0.0113. The molecular formula is C9H8BClF3KO2. The first-order chi connectivity index (χ1) is 7.34. The summed E-state index contributed by atoms with van der Waals surface area (Å²) < 4.78 is 42.2. The van der Waals surface area contributed by atoms with E-state index in [0.29, 0.717) is 0 Å². The van der Waals surface area contributed by atoms with Crippen LogP contribution in [-0.2, 0) is 16.0 Å². The van der Waals surface area contributed by atoms with E-state index in [0.717, 1.165) is 13.2 Å². The fraction of sp³-hybridized carbons (Fsp3) is 0.222. The van der Waals surface area contributed by atoms with Gasteiger partial charge in [-0.05, 0) is 6.07 Å². The van der Waals surface area contributed by atoms with E-state index in [1.54, 1.807) is 0 Å². The zero-order chi connectivity index (χ0) is 12.3. The van der Waals surface area contributed by atoms with E-state index in [9.17, 15) is 17.7 Å². The number of esters is 1. The van der Waals surface area contributed by atoms with Crippen LogP contribution < -0.4 is 56.8 Å².